The minimum atomic E-state index is -0.724. The molecule has 0 aliphatic carbocycles. The molecule has 24 heavy (non-hydrogen) atoms. The number of hydrogen-bond acceptors (Lipinski definition) is 4. The molecule has 7 heteroatoms. The van der Waals surface area contributed by atoms with Gasteiger partial charge >= 0.3 is 5.97 Å². The minimum Gasteiger partial charge on any atom is -0.456 e. The van der Waals surface area contributed by atoms with Crippen molar-refractivity contribution >= 4 is 40.9 Å². The number of esters is 1. The average molecular weight is 366 g/mol. The smallest absolute Gasteiger partial charge is 0.325 e. The van der Waals surface area contributed by atoms with Crippen LogP contribution < -0.4 is 5.32 Å². The van der Waals surface area contributed by atoms with Crippen LogP contribution in [0, 0.1) is 0 Å². The van der Waals surface area contributed by atoms with Gasteiger partial charge in [0.2, 0.25) is 0 Å². The summed E-state index contributed by atoms with van der Waals surface area (Å²) in [6.07, 6.45) is 0. The van der Waals surface area contributed by atoms with Crippen LogP contribution in [0.2, 0.25) is 10.0 Å². The average Bonchev–Trinajstić information content (AvgIpc) is 2.58. The van der Waals surface area contributed by atoms with Crippen LogP contribution in [0.5, 0.6) is 0 Å². The molecule has 0 aliphatic heterocycles. The van der Waals surface area contributed by atoms with Crippen molar-refractivity contribution in [3.63, 3.8) is 0 Å². The Labute approximate surface area is 148 Å². The van der Waals surface area contributed by atoms with Crippen LogP contribution in [-0.4, -0.2) is 30.8 Å². The molecule has 0 heterocycles. The molecule has 2 aromatic carbocycles. The van der Waals surface area contributed by atoms with Gasteiger partial charge in [0.25, 0.3) is 5.91 Å². The molecule has 2 rings (SSSR count). The Hall–Kier alpha value is -2.37. The molecule has 1 amide bonds. The van der Waals surface area contributed by atoms with Gasteiger partial charge in [0.15, 0.2) is 12.4 Å². The maximum absolute atomic E-state index is 11.9. The number of ketones is 1. The number of nitrogens with one attached hydrogen (secondary N) is 1. The van der Waals surface area contributed by atoms with Gasteiger partial charge in [0, 0.05) is 10.6 Å². The number of carbonyl (C=O) groups excluding carboxylic acids is 3. The highest BCUT2D eigenvalue weighted by molar-refractivity contribution is 6.36. The van der Waals surface area contributed by atoms with E-state index in [1.165, 1.54) is 18.2 Å². The lowest BCUT2D eigenvalue weighted by molar-refractivity contribution is -0.141. The van der Waals surface area contributed by atoms with E-state index >= 15 is 0 Å². The van der Waals surface area contributed by atoms with Crippen molar-refractivity contribution in [3.05, 3.63) is 69.7 Å². The maximum atomic E-state index is 11.9. The predicted molar refractivity (Wildman–Crippen MR) is 90.5 cm³/mol. The summed E-state index contributed by atoms with van der Waals surface area (Å²) in [5.74, 6) is -1.59. The molecule has 124 valence electrons. The zero-order valence-corrected chi connectivity index (χ0v) is 13.9. The van der Waals surface area contributed by atoms with Gasteiger partial charge in [-0.2, -0.15) is 0 Å². The van der Waals surface area contributed by atoms with Crippen molar-refractivity contribution in [3.8, 4) is 0 Å². The standard InChI is InChI=1S/C17H13Cl2NO4/c18-12-6-7-13(14(19)8-12)17(23)20-9-16(22)24-10-15(21)11-4-2-1-3-5-11/h1-8H,9-10H2,(H,20,23). The molecule has 0 aliphatic rings. The van der Waals surface area contributed by atoms with Crippen LogP contribution >= 0.6 is 23.2 Å². The van der Waals surface area contributed by atoms with Gasteiger partial charge in [-0.3, -0.25) is 14.4 Å². The summed E-state index contributed by atoms with van der Waals surface area (Å²) in [7, 11) is 0. The van der Waals surface area contributed by atoms with Crippen LogP contribution in [0.15, 0.2) is 48.5 Å². The molecule has 0 aromatic heterocycles. The number of ether oxygens (including phenoxy) is 1. The summed E-state index contributed by atoms with van der Waals surface area (Å²) in [5.41, 5.74) is 0.636. The Kier molecular flexibility index (Phi) is 6.35. The monoisotopic (exact) mass is 365 g/mol. The highest BCUT2D eigenvalue weighted by Gasteiger charge is 2.14. The lowest BCUT2D eigenvalue weighted by Gasteiger charge is -2.07. The third-order valence-electron chi connectivity index (χ3n) is 3.03. The molecule has 0 saturated carbocycles. The molecule has 0 spiro atoms. The zero-order valence-electron chi connectivity index (χ0n) is 12.4. The van der Waals surface area contributed by atoms with Crippen LogP contribution in [0.1, 0.15) is 20.7 Å². The second-order valence-corrected chi connectivity index (χ2v) is 5.60. The lowest BCUT2D eigenvalue weighted by Crippen LogP contribution is -2.31. The first-order chi connectivity index (χ1) is 11.5. The Morgan fingerprint density at radius 2 is 1.71 bits per heavy atom. The van der Waals surface area contributed by atoms with Crippen molar-refractivity contribution in [2.75, 3.05) is 13.2 Å². The minimum absolute atomic E-state index is 0.174. The van der Waals surface area contributed by atoms with Crippen molar-refractivity contribution in [1.29, 1.82) is 0 Å². The van der Waals surface area contributed by atoms with E-state index in [4.69, 9.17) is 27.9 Å². The van der Waals surface area contributed by atoms with Crippen LogP contribution in [0.3, 0.4) is 0 Å². The van der Waals surface area contributed by atoms with Crippen LogP contribution in [-0.2, 0) is 9.53 Å². The fourth-order valence-corrected chi connectivity index (χ4v) is 2.32. The second kappa shape index (κ2) is 8.47. The number of rotatable bonds is 6. The Balaban J connectivity index is 1.80. The van der Waals surface area contributed by atoms with E-state index in [0.29, 0.717) is 10.6 Å². The third-order valence-corrected chi connectivity index (χ3v) is 3.58. The summed E-state index contributed by atoms with van der Waals surface area (Å²) >= 11 is 11.7. The van der Waals surface area contributed by atoms with E-state index in [2.05, 4.69) is 5.32 Å². The molecule has 0 fully saturated rings. The van der Waals surface area contributed by atoms with Crippen LogP contribution in [0.25, 0.3) is 0 Å². The Morgan fingerprint density at radius 3 is 2.38 bits per heavy atom. The number of Topliss-reactive ketones (excluding diaryl/α,β-unsaturated/α-hetero) is 1. The molecular formula is C17H13Cl2NO4. The molecule has 0 saturated heterocycles. The number of halogens is 2. The van der Waals surface area contributed by atoms with E-state index in [0.717, 1.165) is 0 Å². The summed E-state index contributed by atoms with van der Waals surface area (Å²) < 4.78 is 4.84. The molecule has 2 aromatic rings. The van der Waals surface area contributed by atoms with Gasteiger partial charge in [0.05, 0.1) is 10.6 Å². The first-order valence-electron chi connectivity index (χ1n) is 6.94. The summed E-state index contributed by atoms with van der Waals surface area (Å²) in [4.78, 5) is 35.3. The number of benzene rings is 2. The molecule has 0 unspecified atom stereocenters. The van der Waals surface area contributed by atoms with Crippen molar-refractivity contribution in [2.45, 2.75) is 0 Å². The van der Waals surface area contributed by atoms with Crippen molar-refractivity contribution in [2.24, 2.45) is 0 Å². The number of carbonyl (C=O) groups is 3. The summed E-state index contributed by atoms with van der Waals surface area (Å²) in [6.45, 7) is -0.764. The van der Waals surface area contributed by atoms with E-state index in [9.17, 15) is 14.4 Å². The third kappa shape index (κ3) is 5.08. The molecule has 0 radical (unpaired) electrons. The predicted octanol–water partition coefficient (Wildman–Crippen LogP) is 3.15. The van der Waals surface area contributed by atoms with E-state index in [1.54, 1.807) is 30.3 Å². The first kappa shape index (κ1) is 18.0. The Bertz CT molecular complexity index is 762. The molecule has 0 bridgehead atoms. The molecular weight excluding hydrogens is 353 g/mol. The number of amides is 1. The summed E-state index contributed by atoms with van der Waals surface area (Å²) in [6, 6.07) is 12.8. The van der Waals surface area contributed by atoms with Crippen molar-refractivity contribution < 1.29 is 19.1 Å². The zero-order chi connectivity index (χ0) is 17.5. The van der Waals surface area contributed by atoms with E-state index < -0.39 is 11.9 Å². The SMILES string of the molecule is O=C(CNC(=O)c1ccc(Cl)cc1Cl)OCC(=O)c1ccccc1. The highest BCUT2D eigenvalue weighted by atomic mass is 35.5. The van der Waals surface area contributed by atoms with Gasteiger partial charge in [-0.25, -0.2) is 0 Å². The molecule has 0 atom stereocenters. The quantitative estimate of drug-likeness (QED) is 0.630. The van der Waals surface area contributed by atoms with Gasteiger partial charge in [-0.1, -0.05) is 53.5 Å². The lowest BCUT2D eigenvalue weighted by atomic mass is 10.1. The van der Waals surface area contributed by atoms with Gasteiger partial charge in [0.1, 0.15) is 6.54 Å². The Morgan fingerprint density at radius 1 is 1.00 bits per heavy atom. The molecule has 5 nitrogen and oxygen atoms in total. The van der Waals surface area contributed by atoms with Crippen LogP contribution in [0.4, 0.5) is 0 Å². The summed E-state index contributed by atoms with van der Waals surface area (Å²) in [5, 5.41) is 2.94. The first-order valence-corrected chi connectivity index (χ1v) is 7.70. The molecule has 1 N–H and O–H groups in total. The topological polar surface area (TPSA) is 72.5 Å². The van der Waals surface area contributed by atoms with E-state index in [1.807, 2.05) is 0 Å². The fraction of sp³-hybridized carbons (Fsp3) is 0.118. The van der Waals surface area contributed by atoms with Gasteiger partial charge < -0.3 is 10.1 Å². The normalized spacial score (nSPS) is 10.1. The second-order valence-electron chi connectivity index (χ2n) is 4.76. The highest BCUT2D eigenvalue weighted by Crippen LogP contribution is 2.20. The van der Waals surface area contributed by atoms with Crippen molar-refractivity contribution in [1.82, 2.24) is 5.32 Å². The van der Waals surface area contributed by atoms with E-state index in [-0.39, 0.29) is 29.5 Å². The maximum Gasteiger partial charge on any atom is 0.325 e. The van der Waals surface area contributed by atoms with Gasteiger partial charge in [-0.05, 0) is 18.2 Å². The fourth-order valence-electron chi connectivity index (χ4n) is 1.83. The number of hydrogen-bond donors (Lipinski definition) is 1. The van der Waals surface area contributed by atoms with Gasteiger partial charge in [-0.15, -0.1) is 0 Å². The largest absolute Gasteiger partial charge is 0.456 e.